The molecule has 3 aromatic carbocycles. The highest BCUT2D eigenvalue weighted by atomic mass is 19.1. The molecule has 1 unspecified atom stereocenters. The molecule has 106 valence electrons. The van der Waals surface area contributed by atoms with E-state index in [4.69, 9.17) is 10.5 Å². The van der Waals surface area contributed by atoms with Gasteiger partial charge >= 0.3 is 0 Å². The van der Waals surface area contributed by atoms with Gasteiger partial charge in [0.15, 0.2) is 11.6 Å². The number of ether oxygens (including phenoxy) is 1. The van der Waals surface area contributed by atoms with E-state index in [1.807, 2.05) is 42.5 Å². The maximum absolute atomic E-state index is 14.4. The molecule has 3 heteroatoms. The van der Waals surface area contributed by atoms with E-state index < -0.39 is 11.9 Å². The molecule has 0 saturated heterocycles. The summed E-state index contributed by atoms with van der Waals surface area (Å²) in [5.74, 6) is -0.191. The molecule has 0 spiro atoms. The minimum Gasteiger partial charge on any atom is -0.494 e. The fraction of sp³-hybridized carbons (Fsp3) is 0.111. The van der Waals surface area contributed by atoms with Gasteiger partial charge in [-0.05, 0) is 22.4 Å². The van der Waals surface area contributed by atoms with Crippen LogP contribution < -0.4 is 10.5 Å². The Morgan fingerprint density at radius 2 is 1.57 bits per heavy atom. The number of benzene rings is 3. The van der Waals surface area contributed by atoms with Crippen molar-refractivity contribution < 1.29 is 9.13 Å². The lowest BCUT2D eigenvalue weighted by atomic mass is 9.94. The molecule has 3 rings (SSSR count). The van der Waals surface area contributed by atoms with Gasteiger partial charge in [0.2, 0.25) is 0 Å². The van der Waals surface area contributed by atoms with E-state index in [0.717, 1.165) is 16.3 Å². The monoisotopic (exact) mass is 281 g/mol. The lowest BCUT2D eigenvalue weighted by molar-refractivity contribution is 0.383. The Kier molecular flexibility index (Phi) is 3.59. The van der Waals surface area contributed by atoms with Crippen LogP contribution in [0.25, 0.3) is 10.8 Å². The van der Waals surface area contributed by atoms with E-state index in [-0.39, 0.29) is 5.75 Å². The molecule has 0 aliphatic carbocycles. The number of hydrogen-bond acceptors (Lipinski definition) is 2. The SMILES string of the molecule is COc1cccc(C(N)c2cccc3ccccc23)c1F. The zero-order valence-electron chi connectivity index (χ0n) is 11.7. The molecule has 0 aliphatic rings. The Hall–Kier alpha value is -2.39. The molecule has 0 aromatic heterocycles. The zero-order valence-corrected chi connectivity index (χ0v) is 11.7. The Morgan fingerprint density at radius 3 is 2.38 bits per heavy atom. The summed E-state index contributed by atoms with van der Waals surface area (Å²) in [5.41, 5.74) is 7.65. The highest BCUT2D eigenvalue weighted by Crippen LogP contribution is 2.31. The highest BCUT2D eigenvalue weighted by molar-refractivity contribution is 5.86. The van der Waals surface area contributed by atoms with Gasteiger partial charge in [0, 0.05) is 5.56 Å². The van der Waals surface area contributed by atoms with E-state index in [0.29, 0.717) is 5.56 Å². The Bertz CT molecular complexity index is 780. The van der Waals surface area contributed by atoms with Crippen molar-refractivity contribution in [2.45, 2.75) is 6.04 Å². The van der Waals surface area contributed by atoms with Gasteiger partial charge in [-0.2, -0.15) is 0 Å². The third kappa shape index (κ3) is 2.36. The molecule has 2 nitrogen and oxygen atoms in total. The standard InChI is InChI=1S/C18H16FNO/c1-21-16-11-5-10-15(17(16)19)18(20)14-9-4-7-12-6-2-3-8-13(12)14/h2-11,18H,20H2,1H3. The van der Waals surface area contributed by atoms with Crippen LogP contribution >= 0.6 is 0 Å². The van der Waals surface area contributed by atoms with Crippen molar-refractivity contribution in [2.24, 2.45) is 5.73 Å². The predicted octanol–water partition coefficient (Wildman–Crippen LogP) is 4.04. The molecule has 0 saturated carbocycles. The average molecular weight is 281 g/mol. The summed E-state index contributed by atoms with van der Waals surface area (Å²) in [4.78, 5) is 0. The molecule has 0 fully saturated rings. The molecule has 3 aromatic rings. The van der Waals surface area contributed by atoms with Gasteiger partial charge in [0.25, 0.3) is 0 Å². The van der Waals surface area contributed by atoms with E-state index in [2.05, 4.69) is 0 Å². The first kappa shape index (κ1) is 13.6. The third-order valence-electron chi connectivity index (χ3n) is 3.71. The van der Waals surface area contributed by atoms with Crippen molar-refractivity contribution in [3.8, 4) is 5.75 Å². The second-order valence-corrected chi connectivity index (χ2v) is 4.91. The highest BCUT2D eigenvalue weighted by Gasteiger charge is 2.18. The van der Waals surface area contributed by atoms with Crippen LogP contribution in [0.5, 0.6) is 5.75 Å². The Labute approximate surface area is 123 Å². The topological polar surface area (TPSA) is 35.2 Å². The maximum Gasteiger partial charge on any atom is 0.170 e. The normalized spacial score (nSPS) is 12.3. The minimum absolute atomic E-state index is 0.211. The summed E-state index contributed by atoms with van der Waals surface area (Å²) in [5, 5.41) is 2.13. The molecule has 0 heterocycles. The zero-order chi connectivity index (χ0) is 14.8. The number of nitrogens with two attached hydrogens (primary N) is 1. The summed E-state index contributed by atoms with van der Waals surface area (Å²) in [6.07, 6.45) is 0. The van der Waals surface area contributed by atoms with Gasteiger partial charge in [0.05, 0.1) is 13.2 Å². The number of halogens is 1. The van der Waals surface area contributed by atoms with Crippen molar-refractivity contribution in [3.63, 3.8) is 0 Å². The van der Waals surface area contributed by atoms with Gasteiger partial charge in [-0.25, -0.2) is 4.39 Å². The fourth-order valence-corrected chi connectivity index (χ4v) is 2.61. The smallest absolute Gasteiger partial charge is 0.170 e. The van der Waals surface area contributed by atoms with Crippen LogP contribution in [0.4, 0.5) is 4.39 Å². The van der Waals surface area contributed by atoms with E-state index >= 15 is 0 Å². The second kappa shape index (κ2) is 5.54. The summed E-state index contributed by atoms with van der Waals surface area (Å²) >= 11 is 0. The molecule has 0 bridgehead atoms. The first-order chi connectivity index (χ1) is 10.2. The van der Waals surface area contributed by atoms with Crippen LogP contribution in [0, 0.1) is 5.82 Å². The number of fused-ring (bicyclic) bond motifs is 1. The van der Waals surface area contributed by atoms with Crippen LogP contribution in [0.3, 0.4) is 0 Å². The molecular weight excluding hydrogens is 265 g/mol. The average Bonchev–Trinajstić information content (AvgIpc) is 2.54. The molecule has 0 amide bonds. The Balaban J connectivity index is 2.15. The molecular formula is C18H16FNO. The molecule has 0 aliphatic heterocycles. The molecule has 21 heavy (non-hydrogen) atoms. The predicted molar refractivity (Wildman–Crippen MR) is 82.9 cm³/mol. The van der Waals surface area contributed by atoms with Crippen LogP contribution in [0.2, 0.25) is 0 Å². The molecule has 1 atom stereocenters. The van der Waals surface area contributed by atoms with Crippen molar-refractivity contribution in [2.75, 3.05) is 7.11 Å². The lowest BCUT2D eigenvalue weighted by Gasteiger charge is -2.17. The first-order valence-electron chi connectivity index (χ1n) is 6.78. The van der Waals surface area contributed by atoms with Crippen LogP contribution in [-0.4, -0.2) is 7.11 Å². The van der Waals surface area contributed by atoms with Gasteiger partial charge in [0.1, 0.15) is 0 Å². The quantitative estimate of drug-likeness (QED) is 0.786. The summed E-state index contributed by atoms with van der Waals surface area (Å²) < 4.78 is 19.4. The van der Waals surface area contributed by atoms with Gasteiger partial charge in [-0.3, -0.25) is 0 Å². The maximum atomic E-state index is 14.4. The minimum atomic E-state index is -0.536. The van der Waals surface area contributed by atoms with E-state index in [9.17, 15) is 4.39 Å². The summed E-state index contributed by atoms with van der Waals surface area (Å²) in [6.45, 7) is 0. The number of methoxy groups -OCH3 is 1. The van der Waals surface area contributed by atoms with Gasteiger partial charge < -0.3 is 10.5 Å². The van der Waals surface area contributed by atoms with Crippen molar-refractivity contribution in [1.29, 1.82) is 0 Å². The van der Waals surface area contributed by atoms with E-state index in [1.54, 1.807) is 18.2 Å². The third-order valence-corrected chi connectivity index (χ3v) is 3.71. The number of hydrogen-bond donors (Lipinski definition) is 1. The number of rotatable bonds is 3. The van der Waals surface area contributed by atoms with Crippen LogP contribution in [0.15, 0.2) is 60.7 Å². The summed E-state index contributed by atoms with van der Waals surface area (Å²) in [6, 6.07) is 18.4. The molecule has 2 N–H and O–H groups in total. The largest absolute Gasteiger partial charge is 0.494 e. The van der Waals surface area contributed by atoms with Crippen LogP contribution in [-0.2, 0) is 0 Å². The summed E-state index contributed by atoms with van der Waals surface area (Å²) in [7, 11) is 1.45. The van der Waals surface area contributed by atoms with Crippen LogP contribution in [0.1, 0.15) is 17.2 Å². The van der Waals surface area contributed by atoms with Gasteiger partial charge in [-0.15, -0.1) is 0 Å². The molecule has 0 radical (unpaired) electrons. The first-order valence-corrected chi connectivity index (χ1v) is 6.78. The van der Waals surface area contributed by atoms with E-state index in [1.165, 1.54) is 7.11 Å². The van der Waals surface area contributed by atoms with Gasteiger partial charge in [-0.1, -0.05) is 54.6 Å². The Morgan fingerprint density at radius 1 is 0.905 bits per heavy atom. The second-order valence-electron chi connectivity index (χ2n) is 4.91. The van der Waals surface area contributed by atoms with Crippen molar-refractivity contribution >= 4 is 10.8 Å². The lowest BCUT2D eigenvalue weighted by Crippen LogP contribution is -2.14. The van der Waals surface area contributed by atoms with Crippen molar-refractivity contribution in [1.82, 2.24) is 0 Å². The fourth-order valence-electron chi connectivity index (χ4n) is 2.61. The van der Waals surface area contributed by atoms with Crippen molar-refractivity contribution in [3.05, 3.63) is 77.6 Å².